The van der Waals surface area contributed by atoms with Gasteiger partial charge < -0.3 is 114 Å². The maximum atomic E-state index is 11.5. The average Bonchev–Trinajstić information content (AvgIpc) is 1.22. The molecule has 4 aliphatic carbocycles. The Hall–Kier alpha value is -4.48. The molecule has 12 fully saturated rings. The lowest BCUT2D eigenvalue weighted by atomic mass is 9.88. The van der Waals surface area contributed by atoms with E-state index in [0.29, 0.717) is 39.3 Å². The molecule has 0 N–H and O–H groups in total. The van der Waals surface area contributed by atoms with Gasteiger partial charge in [0, 0.05) is 120 Å². The zero-order valence-corrected chi connectivity index (χ0v) is 65.4. The lowest BCUT2D eigenvalue weighted by Crippen LogP contribution is -2.69. The van der Waals surface area contributed by atoms with E-state index in [4.69, 9.17) is 114 Å². The van der Waals surface area contributed by atoms with Crippen molar-refractivity contribution in [1.29, 1.82) is 0 Å². The zero-order chi connectivity index (χ0) is 76.7. The van der Waals surface area contributed by atoms with Crippen molar-refractivity contribution in [1.82, 2.24) is 0 Å². The fourth-order valence-electron chi connectivity index (χ4n) is 17.1. The molecule has 0 bridgehead atoms. The maximum absolute atomic E-state index is 11.5. The predicted molar refractivity (Wildman–Crippen MR) is 382 cm³/mol. The van der Waals surface area contributed by atoms with E-state index in [0.717, 1.165) is 114 Å². The topological polar surface area (TPSA) is 290 Å². The Labute approximate surface area is 636 Å². The van der Waals surface area contributed by atoms with E-state index in [-0.39, 0.29) is 117 Å². The van der Waals surface area contributed by atoms with E-state index < -0.39 is 77.8 Å². The van der Waals surface area contributed by atoms with Crippen molar-refractivity contribution in [3.8, 4) is 0 Å². The first kappa shape index (κ1) is 84.4. The van der Waals surface area contributed by atoms with Crippen LogP contribution in [0.2, 0.25) is 0 Å². The monoisotopic (exact) mass is 1530 g/mol. The second-order valence-electron chi connectivity index (χ2n) is 31.2. The van der Waals surface area contributed by atoms with Gasteiger partial charge in [0.15, 0.2) is 47.3 Å². The Balaban J connectivity index is 0.000000144. The molecule has 608 valence electrons. The fourth-order valence-corrected chi connectivity index (χ4v) is 17.1. The van der Waals surface area contributed by atoms with Gasteiger partial charge in [-0.1, -0.05) is 73.5 Å². The van der Waals surface area contributed by atoms with E-state index in [1.54, 1.807) is 28.4 Å². The van der Waals surface area contributed by atoms with Crippen molar-refractivity contribution >= 4 is 23.9 Å². The molecule has 0 radical (unpaired) electrons. The van der Waals surface area contributed by atoms with Crippen LogP contribution in [0.1, 0.15) is 182 Å². The molecule has 14 rings (SSSR count). The summed E-state index contributed by atoms with van der Waals surface area (Å²) < 4.78 is 143. The van der Waals surface area contributed by atoms with Crippen LogP contribution >= 0.6 is 0 Å². The van der Waals surface area contributed by atoms with Crippen LogP contribution in [0.25, 0.3) is 0 Å². The molecule has 2 aromatic rings. The minimum Gasteiger partial charge on any atom is -0.463 e. The highest BCUT2D eigenvalue weighted by molar-refractivity contribution is 5.66. The summed E-state index contributed by atoms with van der Waals surface area (Å²) in [5.41, 5.74) is 2.19. The first-order valence-corrected chi connectivity index (χ1v) is 39.2. The third-order valence-corrected chi connectivity index (χ3v) is 21.7. The molecule has 108 heavy (non-hydrogen) atoms. The number of carbonyl (C=O) groups excluding carboxylic acids is 4. The van der Waals surface area contributed by atoms with E-state index in [2.05, 4.69) is 0 Å². The standard InChI is InChI=1S/C25H30O7.C21H34O7.C19H30O7.C15H26O7/c1-17(26)28-16-21-25-24(31-23(30-21)14-19-11-7-4-8-12-19)20(15-27-2)29-22(32-25)13-18-9-5-3-6-10-18;1-15(22)24-14-17-19-18(27-21(26-17)11-7-4-8-12-21)16(13-23-2)25-20(28-19)9-5-3-6-10-20;1-13(20)22-12-15-17-16(25-19(24-15)9-5-6-10-19)14(11-21-2)23-18(26-17)7-3-4-8-18;1-9(16)18-8-11-13-12(21-15(4,5)20-11)10(7-17-6)19-14(2,3)22-13/h3-12,20-25H,13-16H2,1-2H3;16-19H,3-14H2,1-2H3;14-17H,3-12H2,1-2H3;10-13H,7-8H2,1-6H3. The summed E-state index contributed by atoms with van der Waals surface area (Å²) in [6.45, 7) is 15.1. The van der Waals surface area contributed by atoms with Gasteiger partial charge in [-0.15, -0.1) is 0 Å². The van der Waals surface area contributed by atoms with Gasteiger partial charge in [-0.25, -0.2) is 0 Å². The van der Waals surface area contributed by atoms with Crippen molar-refractivity contribution in [2.24, 2.45) is 0 Å². The lowest BCUT2D eigenvalue weighted by molar-refractivity contribution is -0.447. The van der Waals surface area contributed by atoms with Crippen LogP contribution < -0.4 is 0 Å². The summed E-state index contributed by atoms with van der Waals surface area (Å²) in [7, 11) is 6.61. The SMILES string of the molecule is COCC1OC(C)(C)OC2C(COC(C)=O)OC(C)(C)OC12.COCC1OC(Cc2ccccc2)OC2C(COC(C)=O)OC(Cc3ccccc3)OC12.COCC1OC2(CCCC2)OC2C(COC(C)=O)OC3(CCCC3)OC12.COCC1OC2(CCCCC2)OC2C(COC(C)=O)OC3(CCCCC3)OC12. The Morgan fingerprint density at radius 1 is 0.296 bits per heavy atom. The number of methoxy groups -OCH3 is 4. The summed E-state index contributed by atoms with van der Waals surface area (Å²) in [5, 5.41) is 0. The molecule has 2 aromatic carbocycles. The van der Waals surface area contributed by atoms with Crippen molar-refractivity contribution in [2.45, 2.75) is 329 Å². The summed E-state index contributed by atoms with van der Waals surface area (Å²) >= 11 is 0. The van der Waals surface area contributed by atoms with E-state index >= 15 is 0 Å². The third-order valence-electron chi connectivity index (χ3n) is 21.7. The van der Waals surface area contributed by atoms with E-state index in [1.165, 1.54) is 40.5 Å². The van der Waals surface area contributed by atoms with Gasteiger partial charge in [0.25, 0.3) is 0 Å². The molecule has 28 heteroatoms. The highest BCUT2D eigenvalue weighted by Gasteiger charge is 2.62. The van der Waals surface area contributed by atoms with Crippen LogP contribution in [0.5, 0.6) is 0 Å². The Kier molecular flexibility index (Phi) is 30.1. The van der Waals surface area contributed by atoms with Gasteiger partial charge in [0.05, 0.1) is 26.4 Å². The molecule has 12 aliphatic rings. The van der Waals surface area contributed by atoms with Gasteiger partial charge in [-0.05, 0) is 90.2 Å². The highest BCUT2D eigenvalue weighted by atomic mass is 16.8. The summed E-state index contributed by atoms with van der Waals surface area (Å²) in [4.78, 5) is 45.5. The summed E-state index contributed by atoms with van der Waals surface area (Å²) in [5.74, 6) is -5.43. The van der Waals surface area contributed by atoms with Crippen LogP contribution in [0.3, 0.4) is 0 Å². The molecule has 28 nitrogen and oxygen atoms in total. The summed E-state index contributed by atoms with van der Waals surface area (Å²) in [6, 6.07) is 20.0. The average molecular weight is 1530 g/mol. The van der Waals surface area contributed by atoms with Crippen LogP contribution in [-0.4, -0.2) is 250 Å². The van der Waals surface area contributed by atoms with Gasteiger partial charge in [0.1, 0.15) is 124 Å². The number of carbonyl (C=O) groups is 4. The van der Waals surface area contributed by atoms with Crippen LogP contribution in [-0.2, 0) is 146 Å². The van der Waals surface area contributed by atoms with Gasteiger partial charge in [0.2, 0.25) is 0 Å². The summed E-state index contributed by atoms with van der Waals surface area (Å²) in [6.07, 6.45) is 12.4. The van der Waals surface area contributed by atoms with Crippen molar-refractivity contribution in [2.75, 3.05) is 81.3 Å². The Morgan fingerprint density at radius 3 is 0.833 bits per heavy atom. The number of hydrogen-bond acceptors (Lipinski definition) is 28. The molecule has 8 aliphatic heterocycles. The number of rotatable bonds is 20. The molecular weight excluding hydrogens is 1410 g/mol. The number of esters is 4. The Morgan fingerprint density at radius 2 is 0.537 bits per heavy atom. The van der Waals surface area contributed by atoms with Crippen LogP contribution in [0, 0.1) is 0 Å². The molecule has 8 saturated heterocycles. The van der Waals surface area contributed by atoms with Gasteiger partial charge >= 0.3 is 23.9 Å². The highest BCUT2D eigenvalue weighted by Crippen LogP contribution is 2.51. The molecule has 4 saturated carbocycles. The minimum absolute atomic E-state index is 0.0862. The molecule has 18 atom stereocenters. The third kappa shape index (κ3) is 22.5. The number of hydrogen-bond donors (Lipinski definition) is 0. The van der Waals surface area contributed by atoms with Gasteiger partial charge in [-0.2, -0.15) is 0 Å². The number of benzene rings is 2. The second-order valence-corrected chi connectivity index (χ2v) is 31.2. The molecule has 8 heterocycles. The van der Waals surface area contributed by atoms with Crippen molar-refractivity contribution < 1.29 is 133 Å². The maximum Gasteiger partial charge on any atom is 0.302 e. The second kappa shape index (κ2) is 38.6. The fraction of sp³-hybridized carbons (Fsp3) is 0.800. The molecular formula is C80H120O28. The quantitative estimate of drug-likeness (QED) is 0.0880. The number of ether oxygens (including phenoxy) is 24. The zero-order valence-electron chi connectivity index (χ0n) is 65.4. The molecule has 0 amide bonds. The first-order valence-electron chi connectivity index (χ1n) is 39.2. The van der Waals surface area contributed by atoms with Crippen LogP contribution in [0.4, 0.5) is 0 Å². The van der Waals surface area contributed by atoms with E-state index in [9.17, 15) is 19.2 Å². The molecule has 4 spiro atoms. The lowest BCUT2D eigenvalue weighted by Gasteiger charge is -2.57. The van der Waals surface area contributed by atoms with Crippen LogP contribution in [0.15, 0.2) is 60.7 Å². The smallest absolute Gasteiger partial charge is 0.302 e. The molecule has 18 unspecified atom stereocenters. The largest absolute Gasteiger partial charge is 0.463 e. The predicted octanol–water partition coefficient (Wildman–Crippen LogP) is 9.53. The molecule has 0 aromatic heterocycles. The number of fused-ring (bicyclic) bond motifs is 4. The van der Waals surface area contributed by atoms with Crippen molar-refractivity contribution in [3.63, 3.8) is 0 Å². The van der Waals surface area contributed by atoms with Crippen molar-refractivity contribution in [3.05, 3.63) is 71.8 Å². The van der Waals surface area contributed by atoms with Gasteiger partial charge in [-0.3, -0.25) is 19.2 Å². The minimum atomic E-state index is -0.827. The first-order chi connectivity index (χ1) is 51.8. The Bertz CT molecular complexity index is 3100. The van der Waals surface area contributed by atoms with E-state index in [1.807, 2.05) is 88.4 Å². The normalized spacial score (nSPS) is 34.9.